The normalized spacial score (nSPS) is 16.2. The molecular weight excluding hydrogens is 314 g/mol. The zero-order chi connectivity index (χ0) is 17.6. The van der Waals surface area contributed by atoms with Gasteiger partial charge < -0.3 is 19.5 Å². The molecule has 1 N–H and O–H groups in total. The fourth-order valence-electron chi connectivity index (χ4n) is 3.38. The quantitative estimate of drug-likeness (QED) is 0.822. The second-order valence-electron chi connectivity index (χ2n) is 5.97. The van der Waals surface area contributed by atoms with E-state index in [0.717, 1.165) is 35.8 Å². The predicted octanol–water partition coefficient (Wildman–Crippen LogP) is 4.12. The summed E-state index contributed by atoms with van der Waals surface area (Å²) in [4.78, 5) is 0. The molecule has 0 saturated carbocycles. The summed E-state index contributed by atoms with van der Waals surface area (Å²) in [6, 6.07) is 12.6. The van der Waals surface area contributed by atoms with Crippen LogP contribution in [0.15, 0.2) is 36.4 Å². The molecule has 0 aromatic heterocycles. The Bertz CT molecular complexity index is 714. The van der Waals surface area contributed by atoms with Gasteiger partial charge in [0.25, 0.3) is 0 Å². The molecular formula is C21H27NO3. The maximum Gasteiger partial charge on any atom is 0.161 e. The largest absolute Gasteiger partial charge is 0.494 e. The van der Waals surface area contributed by atoms with Crippen molar-refractivity contribution in [2.24, 2.45) is 0 Å². The topological polar surface area (TPSA) is 39.7 Å². The fraction of sp³-hybridized carbons (Fsp3) is 0.429. The average molecular weight is 341 g/mol. The third-order valence-corrected chi connectivity index (χ3v) is 4.39. The van der Waals surface area contributed by atoms with Crippen molar-refractivity contribution in [1.29, 1.82) is 0 Å². The van der Waals surface area contributed by atoms with E-state index in [1.54, 1.807) is 0 Å². The van der Waals surface area contributed by atoms with Gasteiger partial charge in [0.15, 0.2) is 11.5 Å². The summed E-state index contributed by atoms with van der Waals surface area (Å²) in [7, 11) is 0. The molecule has 3 rings (SSSR count). The van der Waals surface area contributed by atoms with Crippen LogP contribution in [0.5, 0.6) is 17.2 Å². The number of hydrogen-bond donors (Lipinski definition) is 1. The molecule has 2 aromatic rings. The molecule has 1 atom stereocenters. The monoisotopic (exact) mass is 341 g/mol. The molecule has 0 aliphatic carbocycles. The van der Waals surface area contributed by atoms with Crippen LogP contribution in [-0.4, -0.2) is 26.4 Å². The van der Waals surface area contributed by atoms with E-state index < -0.39 is 0 Å². The number of fused-ring (bicyclic) bond motifs is 1. The van der Waals surface area contributed by atoms with Crippen molar-refractivity contribution in [1.82, 2.24) is 5.32 Å². The van der Waals surface area contributed by atoms with Crippen LogP contribution in [0, 0.1) is 0 Å². The maximum atomic E-state index is 5.85. The van der Waals surface area contributed by atoms with Crippen molar-refractivity contribution in [2.45, 2.75) is 33.2 Å². The van der Waals surface area contributed by atoms with Crippen molar-refractivity contribution in [2.75, 3.05) is 26.4 Å². The van der Waals surface area contributed by atoms with Gasteiger partial charge in [-0.3, -0.25) is 0 Å². The number of ether oxygens (including phenoxy) is 3. The Kier molecular flexibility index (Phi) is 5.82. The van der Waals surface area contributed by atoms with Crippen molar-refractivity contribution in [3.8, 4) is 17.2 Å². The Hall–Kier alpha value is -2.20. The van der Waals surface area contributed by atoms with Crippen molar-refractivity contribution in [3.05, 3.63) is 53.1 Å². The summed E-state index contributed by atoms with van der Waals surface area (Å²) < 4.78 is 17.5. The van der Waals surface area contributed by atoms with Crippen LogP contribution in [0.2, 0.25) is 0 Å². The molecule has 1 aliphatic rings. The van der Waals surface area contributed by atoms with Gasteiger partial charge in [-0.2, -0.15) is 0 Å². The highest BCUT2D eigenvalue weighted by Crippen LogP contribution is 2.39. The first-order chi connectivity index (χ1) is 12.3. The summed E-state index contributed by atoms with van der Waals surface area (Å²) in [6.07, 6.45) is 0.981. The van der Waals surface area contributed by atoms with Crippen LogP contribution in [0.25, 0.3) is 0 Å². The molecule has 0 spiro atoms. The minimum Gasteiger partial charge on any atom is -0.494 e. The van der Waals surface area contributed by atoms with E-state index in [1.807, 2.05) is 32.9 Å². The van der Waals surface area contributed by atoms with Crippen molar-refractivity contribution in [3.63, 3.8) is 0 Å². The lowest BCUT2D eigenvalue weighted by molar-refractivity contribution is 0.286. The van der Waals surface area contributed by atoms with Crippen molar-refractivity contribution < 1.29 is 14.2 Å². The Morgan fingerprint density at radius 3 is 2.20 bits per heavy atom. The molecule has 0 saturated heterocycles. The van der Waals surface area contributed by atoms with Crippen LogP contribution in [0.1, 0.15) is 43.5 Å². The average Bonchev–Trinajstić information content (AvgIpc) is 2.63. The third kappa shape index (κ3) is 3.74. The van der Waals surface area contributed by atoms with E-state index in [4.69, 9.17) is 14.2 Å². The highest BCUT2D eigenvalue weighted by molar-refractivity contribution is 5.53. The lowest BCUT2D eigenvalue weighted by Crippen LogP contribution is -2.31. The second kappa shape index (κ2) is 8.26. The van der Waals surface area contributed by atoms with Crippen LogP contribution in [-0.2, 0) is 6.42 Å². The predicted molar refractivity (Wildman–Crippen MR) is 99.9 cm³/mol. The first-order valence-electron chi connectivity index (χ1n) is 9.15. The van der Waals surface area contributed by atoms with E-state index in [1.165, 1.54) is 11.1 Å². The molecule has 0 unspecified atom stereocenters. The maximum absolute atomic E-state index is 5.85. The first kappa shape index (κ1) is 17.6. The molecule has 134 valence electrons. The number of rotatable bonds is 7. The van der Waals surface area contributed by atoms with Gasteiger partial charge in [-0.1, -0.05) is 18.2 Å². The van der Waals surface area contributed by atoms with Crippen LogP contribution < -0.4 is 19.5 Å². The standard InChI is InChI=1S/C21H27NO3/c1-4-23-18-10-8-7-9-16(18)21-17-14-20(25-6-3)19(24-5-2)13-15(17)11-12-22-21/h7-10,13-14,21-22H,4-6,11-12H2,1-3H3/t21-/m0/s1. The minimum atomic E-state index is 0.0985. The highest BCUT2D eigenvalue weighted by Gasteiger charge is 2.26. The first-order valence-corrected chi connectivity index (χ1v) is 9.15. The Morgan fingerprint density at radius 1 is 0.840 bits per heavy atom. The second-order valence-corrected chi connectivity index (χ2v) is 5.97. The fourth-order valence-corrected chi connectivity index (χ4v) is 3.38. The molecule has 25 heavy (non-hydrogen) atoms. The molecule has 2 aromatic carbocycles. The summed E-state index contributed by atoms with van der Waals surface area (Å²) in [5, 5.41) is 3.63. The molecule has 1 heterocycles. The molecule has 0 radical (unpaired) electrons. The van der Waals surface area contributed by atoms with E-state index in [9.17, 15) is 0 Å². The lowest BCUT2D eigenvalue weighted by Gasteiger charge is -2.29. The number of para-hydroxylation sites is 1. The zero-order valence-corrected chi connectivity index (χ0v) is 15.3. The van der Waals surface area contributed by atoms with E-state index >= 15 is 0 Å². The molecule has 1 aliphatic heterocycles. The van der Waals surface area contributed by atoms with Crippen molar-refractivity contribution >= 4 is 0 Å². The van der Waals surface area contributed by atoms with Gasteiger partial charge in [-0.05, 0) is 56.5 Å². The number of benzene rings is 2. The smallest absolute Gasteiger partial charge is 0.161 e. The summed E-state index contributed by atoms with van der Waals surface area (Å²) in [6.45, 7) is 8.84. The SMILES string of the molecule is CCOc1cc2c(cc1OCC)[C@H](c1ccccc1OCC)NCC2. The highest BCUT2D eigenvalue weighted by atomic mass is 16.5. The molecule has 0 amide bonds. The summed E-state index contributed by atoms with van der Waals surface area (Å²) in [5.74, 6) is 2.58. The van der Waals surface area contributed by atoms with Crippen LogP contribution in [0.3, 0.4) is 0 Å². The van der Waals surface area contributed by atoms with Gasteiger partial charge >= 0.3 is 0 Å². The van der Waals surface area contributed by atoms with Gasteiger partial charge in [-0.25, -0.2) is 0 Å². The number of hydrogen-bond acceptors (Lipinski definition) is 4. The van der Waals surface area contributed by atoms with Gasteiger partial charge in [0.1, 0.15) is 5.75 Å². The molecule has 0 bridgehead atoms. The Morgan fingerprint density at radius 2 is 1.48 bits per heavy atom. The molecule has 0 fully saturated rings. The van der Waals surface area contributed by atoms with Gasteiger partial charge in [-0.15, -0.1) is 0 Å². The summed E-state index contributed by atoms with van der Waals surface area (Å²) >= 11 is 0. The van der Waals surface area contributed by atoms with Gasteiger partial charge in [0, 0.05) is 12.1 Å². The van der Waals surface area contributed by atoms with Gasteiger partial charge in [0.2, 0.25) is 0 Å². The lowest BCUT2D eigenvalue weighted by atomic mass is 9.89. The van der Waals surface area contributed by atoms with E-state index in [0.29, 0.717) is 19.8 Å². The molecule has 4 nitrogen and oxygen atoms in total. The Labute approximate surface area is 150 Å². The van der Waals surface area contributed by atoms with Crippen LogP contribution in [0.4, 0.5) is 0 Å². The van der Waals surface area contributed by atoms with E-state index in [2.05, 4.69) is 29.6 Å². The Balaban J connectivity index is 2.05. The molecule has 4 heteroatoms. The summed E-state index contributed by atoms with van der Waals surface area (Å²) in [5.41, 5.74) is 3.71. The van der Waals surface area contributed by atoms with E-state index in [-0.39, 0.29) is 6.04 Å². The third-order valence-electron chi connectivity index (χ3n) is 4.39. The minimum absolute atomic E-state index is 0.0985. The zero-order valence-electron chi connectivity index (χ0n) is 15.3. The van der Waals surface area contributed by atoms with Gasteiger partial charge in [0.05, 0.1) is 25.9 Å². The number of nitrogens with one attached hydrogen (secondary N) is 1. The van der Waals surface area contributed by atoms with Crippen LogP contribution >= 0.6 is 0 Å².